The second-order valence-corrected chi connectivity index (χ2v) is 7.03. The van der Waals surface area contributed by atoms with Crippen LogP contribution in [0, 0.1) is 13.8 Å². The summed E-state index contributed by atoms with van der Waals surface area (Å²) in [5.74, 6) is 0.352. The zero-order valence-corrected chi connectivity index (χ0v) is 17.3. The maximum Gasteiger partial charge on any atom is 0.257 e. The number of hydrogen-bond acceptors (Lipinski definition) is 4. The number of methoxy groups -OCH3 is 1. The van der Waals surface area contributed by atoms with Crippen molar-refractivity contribution in [1.29, 1.82) is 0 Å². The van der Waals surface area contributed by atoms with Crippen molar-refractivity contribution >= 4 is 44.9 Å². The van der Waals surface area contributed by atoms with Crippen molar-refractivity contribution in [1.82, 2.24) is 5.32 Å². The van der Waals surface area contributed by atoms with E-state index in [0.717, 1.165) is 16.8 Å². The maximum absolute atomic E-state index is 12.4. The average molecular weight is 437 g/mol. The third-order valence-corrected chi connectivity index (χ3v) is 4.27. The first-order valence-corrected chi connectivity index (χ1v) is 9.21. The highest BCUT2D eigenvalue weighted by Crippen LogP contribution is 2.26. The Kier molecular flexibility index (Phi) is 7.56. The Morgan fingerprint density at radius 3 is 2.42 bits per heavy atom. The van der Waals surface area contributed by atoms with E-state index in [2.05, 4.69) is 32.6 Å². The van der Waals surface area contributed by atoms with E-state index in [1.54, 1.807) is 25.3 Å². The van der Waals surface area contributed by atoms with Gasteiger partial charge in [-0.25, -0.2) is 0 Å². The number of ether oxygens (including phenoxy) is 2. The van der Waals surface area contributed by atoms with Crippen molar-refractivity contribution in [3.8, 4) is 5.75 Å². The molecule has 2 rings (SSSR count). The Morgan fingerprint density at radius 1 is 1.12 bits per heavy atom. The molecule has 26 heavy (non-hydrogen) atoms. The number of thiocarbonyl (C=S) groups is 1. The summed E-state index contributed by atoms with van der Waals surface area (Å²) in [6.45, 7) is 4.94. The Morgan fingerprint density at radius 2 is 1.81 bits per heavy atom. The molecule has 138 valence electrons. The summed E-state index contributed by atoms with van der Waals surface area (Å²) >= 11 is 8.64. The van der Waals surface area contributed by atoms with Crippen LogP contribution in [-0.4, -0.2) is 31.3 Å². The number of nitrogens with one attached hydrogen (secondary N) is 2. The second-order valence-electron chi connectivity index (χ2n) is 5.77. The van der Waals surface area contributed by atoms with Crippen LogP contribution in [0.25, 0.3) is 0 Å². The highest BCUT2D eigenvalue weighted by molar-refractivity contribution is 9.10. The third kappa shape index (κ3) is 6.09. The fourth-order valence-electron chi connectivity index (χ4n) is 2.38. The molecule has 0 atom stereocenters. The normalized spacial score (nSPS) is 10.3. The summed E-state index contributed by atoms with van der Waals surface area (Å²) in [7, 11) is 1.61. The van der Waals surface area contributed by atoms with Crippen LogP contribution in [0.15, 0.2) is 40.9 Å². The first-order chi connectivity index (χ1) is 12.4. The lowest BCUT2D eigenvalue weighted by molar-refractivity contribution is 0.0977. The van der Waals surface area contributed by atoms with Crippen LogP contribution in [-0.2, 0) is 4.74 Å². The van der Waals surface area contributed by atoms with Gasteiger partial charge in [-0.3, -0.25) is 10.1 Å². The molecule has 0 aliphatic rings. The van der Waals surface area contributed by atoms with Gasteiger partial charge < -0.3 is 14.8 Å². The molecule has 0 aromatic heterocycles. The number of carbonyl (C=O) groups is 1. The Balaban J connectivity index is 1.98. The van der Waals surface area contributed by atoms with Crippen molar-refractivity contribution in [2.45, 2.75) is 13.8 Å². The van der Waals surface area contributed by atoms with Crippen LogP contribution in [0.2, 0.25) is 0 Å². The second kappa shape index (κ2) is 9.66. The molecule has 0 saturated carbocycles. The highest BCUT2D eigenvalue weighted by Gasteiger charge is 2.11. The van der Waals surface area contributed by atoms with E-state index in [1.165, 1.54) is 0 Å². The number of hydrogen-bond donors (Lipinski definition) is 2. The SMILES string of the molecule is COCCOc1ccc(C(=O)NC(=S)Nc2cc(C)cc(C)c2)cc1Br. The van der Waals surface area contributed by atoms with Crippen LogP contribution < -0.4 is 15.4 Å². The third-order valence-electron chi connectivity index (χ3n) is 3.45. The fourth-order valence-corrected chi connectivity index (χ4v) is 3.08. The molecule has 0 spiro atoms. The van der Waals surface area contributed by atoms with Crippen molar-refractivity contribution in [3.05, 3.63) is 57.6 Å². The van der Waals surface area contributed by atoms with Gasteiger partial charge in [0.25, 0.3) is 5.91 Å². The van der Waals surface area contributed by atoms with Gasteiger partial charge in [-0.15, -0.1) is 0 Å². The quantitative estimate of drug-likeness (QED) is 0.524. The van der Waals surface area contributed by atoms with E-state index in [9.17, 15) is 4.79 Å². The minimum Gasteiger partial charge on any atom is -0.490 e. The topological polar surface area (TPSA) is 59.6 Å². The Bertz CT molecular complexity index is 791. The molecule has 0 aliphatic heterocycles. The van der Waals surface area contributed by atoms with Gasteiger partial charge in [0.05, 0.1) is 11.1 Å². The van der Waals surface area contributed by atoms with Gasteiger partial charge in [0.2, 0.25) is 0 Å². The lowest BCUT2D eigenvalue weighted by Gasteiger charge is -2.12. The zero-order chi connectivity index (χ0) is 19.1. The van der Waals surface area contributed by atoms with Gasteiger partial charge in [-0.1, -0.05) is 6.07 Å². The average Bonchev–Trinajstić information content (AvgIpc) is 2.55. The summed E-state index contributed by atoms with van der Waals surface area (Å²) in [5, 5.41) is 5.96. The lowest BCUT2D eigenvalue weighted by Crippen LogP contribution is -2.34. The minimum absolute atomic E-state index is 0.247. The molecular formula is C19H21BrN2O3S. The van der Waals surface area contributed by atoms with E-state index >= 15 is 0 Å². The van der Waals surface area contributed by atoms with Gasteiger partial charge in [0, 0.05) is 18.4 Å². The molecule has 0 heterocycles. The molecule has 0 radical (unpaired) electrons. The van der Waals surface area contributed by atoms with Crippen molar-refractivity contribution in [2.75, 3.05) is 25.6 Å². The van der Waals surface area contributed by atoms with Crippen molar-refractivity contribution in [3.63, 3.8) is 0 Å². The van der Waals surface area contributed by atoms with Crippen LogP contribution in [0.1, 0.15) is 21.5 Å². The molecule has 0 bridgehead atoms. The lowest BCUT2D eigenvalue weighted by atomic mass is 10.1. The van der Waals surface area contributed by atoms with Gasteiger partial charge in [-0.2, -0.15) is 0 Å². The van der Waals surface area contributed by atoms with E-state index in [4.69, 9.17) is 21.7 Å². The van der Waals surface area contributed by atoms with Crippen molar-refractivity contribution < 1.29 is 14.3 Å². The molecule has 2 N–H and O–H groups in total. The number of aryl methyl sites for hydroxylation is 2. The standard InChI is InChI=1S/C19H21BrN2O3S/c1-12-8-13(2)10-15(9-12)21-19(26)22-18(23)14-4-5-17(16(20)11-14)25-7-6-24-3/h4-5,8-11H,6-7H2,1-3H3,(H2,21,22,23,26). The molecule has 7 heteroatoms. The van der Waals surface area contributed by atoms with Gasteiger partial charge >= 0.3 is 0 Å². The van der Waals surface area contributed by atoms with Crippen molar-refractivity contribution in [2.24, 2.45) is 0 Å². The summed E-state index contributed by atoms with van der Waals surface area (Å²) in [5.41, 5.74) is 3.56. The number of benzene rings is 2. The Hall–Kier alpha value is -1.96. The van der Waals surface area contributed by atoms with E-state index in [-0.39, 0.29) is 11.0 Å². The van der Waals surface area contributed by atoms with E-state index in [1.807, 2.05) is 26.0 Å². The maximum atomic E-state index is 12.4. The molecule has 5 nitrogen and oxygen atoms in total. The predicted octanol–water partition coefficient (Wildman–Crippen LogP) is 4.22. The van der Waals surface area contributed by atoms with Gasteiger partial charge in [-0.05, 0) is 83.5 Å². The van der Waals surface area contributed by atoms with Gasteiger partial charge in [0.1, 0.15) is 12.4 Å². The fraction of sp³-hybridized carbons (Fsp3) is 0.263. The molecule has 0 unspecified atom stereocenters. The Labute approximate surface area is 167 Å². The number of halogens is 1. The molecule has 0 fully saturated rings. The van der Waals surface area contributed by atoms with Gasteiger partial charge in [0.15, 0.2) is 5.11 Å². The highest BCUT2D eigenvalue weighted by atomic mass is 79.9. The van der Waals surface area contributed by atoms with Crippen LogP contribution in [0.5, 0.6) is 5.75 Å². The van der Waals surface area contributed by atoms with E-state index in [0.29, 0.717) is 29.0 Å². The first-order valence-electron chi connectivity index (χ1n) is 8.01. The predicted molar refractivity (Wildman–Crippen MR) is 111 cm³/mol. The number of anilines is 1. The summed E-state index contributed by atoms with van der Waals surface area (Å²) in [4.78, 5) is 12.4. The molecule has 0 aliphatic carbocycles. The molecule has 2 aromatic rings. The number of carbonyl (C=O) groups excluding carboxylic acids is 1. The van der Waals surface area contributed by atoms with Crippen LogP contribution >= 0.6 is 28.1 Å². The smallest absolute Gasteiger partial charge is 0.257 e. The van der Waals surface area contributed by atoms with Crippen LogP contribution in [0.4, 0.5) is 5.69 Å². The van der Waals surface area contributed by atoms with E-state index < -0.39 is 0 Å². The molecule has 2 aromatic carbocycles. The number of rotatable bonds is 6. The monoisotopic (exact) mass is 436 g/mol. The van der Waals surface area contributed by atoms with Crippen LogP contribution in [0.3, 0.4) is 0 Å². The number of amides is 1. The largest absolute Gasteiger partial charge is 0.490 e. The zero-order valence-electron chi connectivity index (χ0n) is 14.9. The summed E-state index contributed by atoms with van der Waals surface area (Å²) in [6, 6.07) is 11.1. The molecule has 1 amide bonds. The summed E-state index contributed by atoms with van der Waals surface area (Å²) in [6.07, 6.45) is 0. The summed E-state index contributed by atoms with van der Waals surface area (Å²) < 4.78 is 11.2. The molecular weight excluding hydrogens is 416 g/mol. The first kappa shape index (κ1) is 20.4. The molecule has 0 saturated heterocycles. The minimum atomic E-state index is -0.295.